The second-order valence-electron chi connectivity index (χ2n) is 8.70. The number of ketones is 1. The van der Waals surface area contributed by atoms with Crippen molar-refractivity contribution < 1.29 is 9.53 Å². The van der Waals surface area contributed by atoms with Gasteiger partial charge in [0.25, 0.3) is 0 Å². The molecule has 2 aromatic carbocycles. The van der Waals surface area contributed by atoms with E-state index in [2.05, 4.69) is 31.2 Å². The Morgan fingerprint density at radius 1 is 1.09 bits per heavy atom. The normalized spacial score (nSPS) is 14.4. The third kappa shape index (κ3) is 4.15. The topological polar surface area (TPSA) is 57.0 Å². The Hall–Kier alpha value is -3.47. The maximum atomic E-state index is 12.6. The molecule has 1 fully saturated rings. The maximum Gasteiger partial charge on any atom is 0.216 e. The van der Waals surface area contributed by atoms with Crippen LogP contribution in [0.25, 0.3) is 22.3 Å². The molecule has 5 nitrogen and oxygen atoms in total. The zero-order chi connectivity index (χ0) is 22.1. The van der Waals surface area contributed by atoms with Gasteiger partial charge in [0.2, 0.25) is 5.88 Å². The highest BCUT2D eigenvalue weighted by Crippen LogP contribution is 2.46. The molecule has 4 aromatic rings. The minimum Gasteiger partial charge on any atom is -0.470 e. The van der Waals surface area contributed by atoms with Gasteiger partial charge in [-0.15, -0.1) is 0 Å². The lowest BCUT2D eigenvalue weighted by Crippen LogP contribution is -2.14. The van der Waals surface area contributed by atoms with Crippen molar-refractivity contribution >= 4 is 16.8 Å². The third-order valence-corrected chi connectivity index (χ3v) is 6.15. The van der Waals surface area contributed by atoms with Crippen molar-refractivity contribution in [1.29, 1.82) is 0 Å². The minimum absolute atomic E-state index is 0.0309. The summed E-state index contributed by atoms with van der Waals surface area (Å²) in [6.07, 6.45) is 2.77. The number of benzene rings is 2. The number of ether oxygens (including phenoxy) is 1. The fourth-order valence-electron chi connectivity index (χ4n) is 4.29. The van der Waals surface area contributed by atoms with E-state index in [9.17, 15) is 4.79 Å². The maximum absolute atomic E-state index is 12.6. The van der Waals surface area contributed by atoms with E-state index in [-0.39, 0.29) is 18.3 Å². The molecule has 1 aliphatic rings. The number of nitrogens with zero attached hydrogens (tertiary/aromatic N) is 3. The van der Waals surface area contributed by atoms with Crippen molar-refractivity contribution in [1.82, 2.24) is 14.8 Å². The summed E-state index contributed by atoms with van der Waals surface area (Å²) in [7, 11) is 1.91. The molecule has 2 heterocycles. The second kappa shape index (κ2) is 8.58. The second-order valence-corrected chi connectivity index (χ2v) is 8.70. The predicted octanol–water partition coefficient (Wildman–Crippen LogP) is 5.65. The Bertz CT molecular complexity index is 1240. The van der Waals surface area contributed by atoms with Gasteiger partial charge >= 0.3 is 0 Å². The number of Topliss-reactive ketones (excluding diaryl/α,β-unsaturated/α-hetero) is 1. The molecule has 0 saturated heterocycles. The van der Waals surface area contributed by atoms with E-state index in [0.29, 0.717) is 18.2 Å². The molecular formula is C27H27N3O2. The molecule has 0 amide bonds. The van der Waals surface area contributed by atoms with Gasteiger partial charge in [-0.05, 0) is 35.8 Å². The Labute approximate surface area is 188 Å². The Morgan fingerprint density at radius 3 is 2.47 bits per heavy atom. The quantitative estimate of drug-likeness (QED) is 0.366. The molecule has 0 radical (unpaired) electrons. The van der Waals surface area contributed by atoms with Crippen molar-refractivity contribution in [2.24, 2.45) is 7.05 Å². The van der Waals surface area contributed by atoms with Crippen LogP contribution >= 0.6 is 0 Å². The van der Waals surface area contributed by atoms with E-state index in [4.69, 9.17) is 14.8 Å². The summed E-state index contributed by atoms with van der Waals surface area (Å²) in [6, 6.07) is 22.3. The van der Waals surface area contributed by atoms with Gasteiger partial charge in [0.05, 0.1) is 5.39 Å². The Balaban J connectivity index is 1.38. The molecule has 1 atom stereocenters. The highest BCUT2D eigenvalue weighted by molar-refractivity contribution is 5.95. The molecule has 162 valence electrons. The van der Waals surface area contributed by atoms with E-state index in [1.807, 2.05) is 54.2 Å². The molecule has 32 heavy (non-hydrogen) atoms. The average molecular weight is 426 g/mol. The van der Waals surface area contributed by atoms with Crippen LogP contribution in [0, 0.1) is 0 Å². The van der Waals surface area contributed by atoms with Crippen molar-refractivity contribution in [3.8, 4) is 17.1 Å². The first-order valence-electron chi connectivity index (χ1n) is 11.2. The summed E-state index contributed by atoms with van der Waals surface area (Å²) in [5.74, 6) is 1.24. The average Bonchev–Trinajstić information content (AvgIpc) is 3.62. The van der Waals surface area contributed by atoms with Crippen LogP contribution in [-0.2, 0) is 11.8 Å². The summed E-state index contributed by atoms with van der Waals surface area (Å²) < 4.78 is 7.71. The summed E-state index contributed by atoms with van der Waals surface area (Å²) in [5.41, 5.74) is 5.23. The highest BCUT2D eigenvalue weighted by Gasteiger charge is 2.30. The van der Waals surface area contributed by atoms with Gasteiger partial charge in [-0.3, -0.25) is 4.79 Å². The first-order chi connectivity index (χ1) is 15.6. The summed E-state index contributed by atoms with van der Waals surface area (Å²) in [6.45, 7) is 2.10. The number of carbonyl (C=O) groups is 1. The molecule has 0 bridgehead atoms. The molecule has 1 aliphatic carbocycles. The van der Waals surface area contributed by atoms with Crippen LogP contribution in [0.4, 0.5) is 0 Å². The van der Waals surface area contributed by atoms with E-state index in [1.165, 1.54) is 11.1 Å². The van der Waals surface area contributed by atoms with Gasteiger partial charge in [0.1, 0.15) is 12.3 Å². The number of hydrogen-bond donors (Lipinski definition) is 0. The van der Waals surface area contributed by atoms with Gasteiger partial charge < -0.3 is 4.74 Å². The van der Waals surface area contributed by atoms with Crippen LogP contribution in [-0.4, -0.2) is 27.2 Å². The molecule has 5 heteroatoms. The summed E-state index contributed by atoms with van der Waals surface area (Å²) >= 11 is 0. The predicted molar refractivity (Wildman–Crippen MR) is 126 cm³/mol. The molecule has 2 aromatic heterocycles. The smallest absolute Gasteiger partial charge is 0.216 e. The number of pyridine rings is 1. The van der Waals surface area contributed by atoms with Gasteiger partial charge in [-0.25, -0.2) is 4.68 Å². The molecule has 5 rings (SSSR count). The third-order valence-electron chi connectivity index (χ3n) is 6.15. The van der Waals surface area contributed by atoms with Gasteiger partial charge in [0.15, 0.2) is 11.4 Å². The zero-order valence-corrected chi connectivity index (χ0v) is 18.5. The molecule has 0 aliphatic heterocycles. The highest BCUT2D eigenvalue weighted by atomic mass is 16.5. The number of aryl methyl sites for hydroxylation is 1. The monoisotopic (exact) mass is 425 g/mol. The van der Waals surface area contributed by atoms with E-state index in [1.54, 1.807) is 0 Å². The summed E-state index contributed by atoms with van der Waals surface area (Å²) in [5, 5.41) is 5.87. The van der Waals surface area contributed by atoms with E-state index in [0.717, 1.165) is 35.1 Å². The van der Waals surface area contributed by atoms with Gasteiger partial charge in [-0.1, -0.05) is 67.6 Å². The Morgan fingerprint density at radius 2 is 1.78 bits per heavy atom. The zero-order valence-electron chi connectivity index (χ0n) is 18.5. The van der Waals surface area contributed by atoms with Crippen LogP contribution in [0.15, 0.2) is 66.7 Å². The molecular weight excluding hydrogens is 398 g/mol. The van der Waals surface area contributed by atoms with Crippen LogP contribution in [0.3, 0.4) is 0 Å². The Kier molecular flexibility index (Phi) is 5.48. The van der Waals surface area contributed by atoms with Gasteiger partial charge in [-0.2, -0.15) is 10.1 Å². The van der Waals surface area contributed by atoms with Crippen LogP contribution in [0.2, 0.25) is 0 Å². The number of fused-ring (bicyclic) bond motifs is 1. The lowest BCUT2D eigenvalue weighted by Gasteiger charge is -2.12. The van der Waals surface area contributed by atoms with Crippen molar-refractivity contribution in [3.63, 3.8) is 0 Å². The minimum atomic E-state index is 0.0309. The lowest BCUT2D eigenvalue weighted by molar-refractivity contribution is -0.121. The number of hydrogen-bond acceptors (Lipinski definition) is 4. The van der Waals surface area contributed by atoms with Crippen LogP contribution in [0.5, 0.6) is 5.88 Å². The van der Waals surface area contributed by atoms with Crippen molar-refractivity contribution in [2.45, 2.75) is 38.0 Å². The fourth-order valence-corrected chi connectivity index (χ4v) is 4.29. The molecule has 0 N–H and O–H groups in total. The van der Waals surface area contributed by atoms with E-state index < -0.39 is 0 Å². The van der Waals surface area contributed by atoms with Crippen molar-refractivity contribution in [2.75, 3.05) is 6.61 Å². The van der Waals surface area contributed by atoms with Crippen LogP contribution < -0.4 is 4.74 Å². The molecule has 0 unspecified atom stereocenters. The fraction of sp³-hybridized carbons (Fsp3) is 0.296. The molecule has 1 saturated carbocycles. The first kappa shape index (κ1) is 20.4. The number of rotatable bonds is 8. The number of aromatic nitrogens is 3. The lowest BCUT2D eigenvalue weighted by atomic mass is 9.96. The largest absolute Gasteiger partial charge is 0.470 e. The molecule has 0 spiro atoms. The summed E-state index contributed by atoms with van der Waals surface area (Å²) in [4.78, 5) is 17.3. The standard InChI is InChI=1S/C27H27N3O2/c1-18(19-9-5-3-6-10-19)15-22(31)17-32-24-16-23(20-13-14-20)25-26(21-11-7-4-8-12-21)29-30(2)27(25)28-24/h3-12,16,18,20H,13-15,17H2,1-2H3/t18-/m1/s1. The van der Waals surface area contributed by atoms with Crippen molar-refractivity contribution in [3.05, 3.63) is 77.9 Å². The number of carbonyl (C=O) groups excluding carboxylic acids is 1. The van der Waals surface area contributed by atoms with Gasteiger partial charge in [0, 0.05) is 25.1 Å². The SMILES string of the molecule is C[C@H](CC(=O)COc1cc(C2CC2)c2c(-c3ccccc3)nn(C)c2n1)c1ccccc1. The van der Waals surface area contributed by atoms with Crippen LogP contribution in [0.1, 0.15) is 49.1 Å². The van der Waals surface area contributed by atoms with E-state index >= 15 is 0 Å². The first-order valence-corrected chi connectivity index (χ1v) is 11.2.